The van der Waals surface area contributed by atoms with E-state index in [4.69, 9.17) is 0 Å². The van der Waals surface area contributed by atoms with E-state index in [1.54, 1.807) is 0 Å². The first kappa shape index (κ1) is 8.95. The molecule has 2 rings (SSSR count). The van der Waals surface area contributed by atoms with Crippen molar-refractivity contribution < 1.29 is 0 Å². The van der Waals surface area contributed by atoms with Crippen LogP contribution in [0.4, 0.5) is 0 Å². The fraction of sp³-hybridized carbons (Fsp3) is 0.154. The normalized spacial score (nSPS) is 10.4. The largest absolute Gasteiger partial charge is 0.256 e. The number of rotatable bonds is 2. The highest BCUT2D eigenvalue weighted by atomic mass is 14.7. The maximum atomic E-state index is 4.38. The quantitative estimate of drug-likeness (QED) is 0.692. The van der Waals surface area contributed by atoms with Crippen molar-refractivity contribution in [2.24, 2.45) is 0 Å². The zero-order valence-electron chi connectivity index (χ0n) is 8.33. The van der Waals surface area contributed by atoms with Crippen LogP contribution >= 0.6 is 0 Å². The van der Waals surface area contributed by atoms with Gasteiger partial charge in [-0.25, -0.2) is 0 Å². The van der Waals surface area contributed by atoms with Crippen LogP contribution in [0, 0.1) is 0 Å². The molecule has 1 aromatic heterocycles. The fourth-order valence-electron chi connectivity index (χ4n) is 1.57. The van der Waals surface area contributed by atoms with Crippen LogP contribution in [-0.2, 0) is 0 Å². The molecule has 0 aliphatic rings. The minimum Gasteiger partial charge on any atom is -0.256 e. The molecule has 0 spiro atoms. The molecule has 0 amide bonds. The van der Waals surface area contributed by atoms with Crippen LogP contribution in [0.3, 0.4) is 0 Å². The Balaban J connectivity index is 2.71. The van der Waals surface area contributed by atoms with Crippen molar-refractivity contribution in [3.05, 3.63) is 48.8 Å². The Morgan fingerprint density at radius 2 is 2.07 bits per heavy atom. The smallest absolute Gasteiger partial charge is 0.0733 e. The molecule has 1 heterocycles. The highest BCUT2D eigenvalue weighted by molar-refractivity contribution is 5.91. The van der Waals surface area contributed by atoms with Gasteiger partial charge in [0.25, 0.3) is 0 Å². The Kier molecular flexibility index (Phi) is 2.32. The monoisotopic (exact) mass is 183 g/mol. The van der Waals surface area contributed by atoms with Crippen LogP contribution < -0.4 is 0 Å². The van der Waals surface area contributed by atoms with Gasteiger partial charge in [0.1, 0.15) is 0 Å². The number of aromatic nitrogens is 1. The molecule has 0 aliphatic heterocycles. The van der Waals surface area contributed by atoms with Gasteiger partial charge in [-0.2, -0.15) is 0 Å². The minimum atomic E-state index is 0.945. The number of hydrogen-bond donors (Lipinski definition) is 0. The average molecular weight is 183 g/mol. The zero-order chi connectivity index (χ0) is 9.97. The Morgan fingerprint density at radius 1 is 1.29 bits per heavy atom. The van der Waals surface area contributed by atoms with E-state index in [1.165, 1.54) is 10.8 Å². The van der Waals surface area contributed by atoms with Gasteiger partial charge in [-0.1, -0.05) is 37.8 Å². The van der Waals surface area contributed by atoms with Gasteiger partial charge in [0.15, 0.2) is 0 Å². The van der Waals surface area contributed by atoms with Crippen molar-refractivity contribution in [2.75, 3.05) is 0 Å². The number of nitrogens with zero attached hydrogens (tertiary/aromatic N) is 1. The average Bonchev–Trinajstić information content (AvgIpc) is 2.27. The minimum absolute atomic E-state index is 0.945. The van der Waals surface area contributed by atoms with Crippen molar-refractivity contribution in [1.29, 1.82) is 0 Å². The maximum Gasteiger partial charge on any atom is 0.0733 e. The molecule has 0 saturated carbocycles. The number of allylic oxidation sites excluding steroid dienone is 1. The lowest BCUT2D eigenvalue weighted by molar-refractivity contribution is 1.20. The first-order valence-electron chi connectivity index (χ1n) is 4.85. The van der Waals surface area contributed by atoms with E-state index in [1.807, 2.05) is 24.4 Å². The molecule has 1 aromatic carbocycles. The third-order valence-electron chi connectivity index (χ3n) is 2.44. The summed E-state index contributed by atoms with van der Waals surface area (Å²) in [6, 6.07) is 10.3. The summed E-state index contributed by atoms with van der Waals surface area (Å²) >= 11 is 0. The highest BCUT2D eigenvalue weighted by Crippen LogP contribution is 2.23. The van der Waals surface area contributed by atoms with Gasteiger partial charge in [0, 0.05) is 11.6 Å². The van der Waals surface area contributed by atoms with Crippen molar-refractivity contribution in [1.82, 2.24) is 4.98 Å². The van der Waals surface area contributed by atoms with Crippen LogP contribution in [0.15, 0.2) is 43.1 Å². The molecule has 0 fully saturated rings. The molecule has 0 N–H and O–H groups in total. The molecule has 0 bridgehead atoms. The molecule has 0 atom stereocenters. The number of pyridine rings is 1. The summed E-state index contributed by atoms with van der Waals surface area (Å²) in [4.78, 5) is 4.38. The Labute approximate surface area is 84.1 Å². The van der Waals surface area contributed by atoms with E-state index >= 15 is 0 Å². The SMILES string of the molecule is C=C(CC)c1nccc2ccccc12. The van der Waals surface area contributed by atoms with Crippen molar-refractivity contribution in [2.45, 2.75) is 13.3 Å². The third kappa shape index (κ3) is 1.41. The lowest BCUT2D eigenvalue weighted by atomic mass is 10.0. The standard InChI is InChI=1S/C13H13N/c1-3-10(2)13-12-7-5-4-6-11(12)8-9-14-13/h4-9H,2-3H2,1H3. The molecule has 0 aliphatic carbocycles. The second-order valence-electron chi connectivity index (χ2n) is 3.34. The molecular weight excluding hydrogens is 170 g/mol. The molecule has 14 heavy (non-hydrogen) atoms. The second kappa shape index (κ2) is 3.62. The summed E-state index contributed by atoms with van der Waals surface area (Å²) in [7, 11) is 0. The fourth-order valence-corrected chi connectivity index (χ4v) is 1.57. The summed E-state index contributed by atoms with van der Waals surface area (Å²) in [5.41, 5.74) is 2.13. The maximum absolute atomic E-state index is 4.38. The summed E-state index contributed by atoms with van der Waals surface area (Å²) in [6.45, 7) is 6.13. The van der Waals surface area contributed by atoms with Crippen LogP contribution in [0.1, 0.15) is 19.0 Å². The van der Waals surface area contributed by atoms with Gasteiger partial charge >= 0.3 is 0 Å². The molecule has 0 unspecified atom stereocenters. The Morgan fingerprint density at radius 3 is 2.86 bits per heavy atom. The third-order valence-corrected chi connectivity index (χ3v) is 2.44. The van der Waals surface area contributed by atoms with Crippen molar-refractivity contribution in [3.8, 4) is 0 Å². The van der Waals surface area contributed by atoms with Crippen molar-refractivity contribution in [3.63, 3.8) is 0 Å². The van der Waals surface area contributed by atoms with Gasteiger partial charge in [-0.05, 0) is 23.4 Å². The summed E-state index contributed by atoms with van der Waals surface area (Å²) in [6.07, 6.45) is 2.79. The molecule has 1 heteroatoms. The summed E-state index contributed by atoms with van der Waals surface area (Å²) < 4.78 is 0. The first-order valence-corrected chi connectivity index (χ1v) is 4.85. The van der Waals surface area contributed by atoms with Gasteiger partial charge < -0.3 is 0 Å². The van der Waals surface area contributed by atoms with E-state index in [0.29, 0.717) is 0 Å². The molecule has 0 saturated heterocycles. The Hall–Kier alpha value is -1.63. The molecular formula is C13H13N. The van der Waals surface area contributed by atoms with Gasteiger partial charge in [0.2, 0.25) is 0 Å². The Bertz CT molecular complexity index is 466. The summed E-state index contributed by atoms with van der Waals surface area (Å²) in [5, 5.41) is 2.42. The van der Waals surface area contributed by atoms with E-state index in [9.17, 15) is 0 Å². The van der Waals surface area contributed by atoms with E-state index in [2.05, 4.69) is 30.6 Å². The lowest BCUT2D eigenvalue weighted by Crippen LogP contribution is -1.88. The number of benzene rings is 1. The second-order valence-corrected chi connectivity index (χ2v) is 3.34. The van der Waals surface area contributed by atoms with E-state index in [-0.39, 0.29) is 0 Å². The van der Waals surface area contributed by atoms with Gasteiger partial charge in [0.05, 0.1) is 5.69 Å². The first-order chi connectivity index (χ1) is 6.83. The molecule has 2 aromatic rings. The molecule has 1 nitrogen and oxygen atoms in total. The molecule has 70 valence electrons. The summed E-state index contributed by atoms with van der Waals surface area (Å²) in [5.74, 6) is 0. The van der Waals surface area contributed by atoms with Crippen LogP contribution in [0.2, 0.25) is 0 Å². The lowest BCUT2D eigenvalue weighted by Gasteiger charge is -2.05. The predicted molar refractivity (Wildman–Crippen MR) is 61.1 cm³/mol. The topological polar surface area (TPSA) is 12.9 Å². The van der Waals surface area contributed by atoms with Crippen LogP contribution in [0.25, 0.3) is 16.3 Å². The molecule has 0 radical (unpaired) electrons. The number of hydrogen-bond acceptors (Lipinski definition) is 1. The van der Waals surface area contributed by atoms with E-state index in [0.717, 1.165) is 17.7 Å². The van der Waals surface area contributed by atoms with Crippen molar-refractivity contribution >= 4 is 16.3 Å². The van der Waals surface area contributed by atoms with E-state index < -0.39 is 0 Å². The number of fused-ring (bicyclic) bond motifs is 1. The van der Waals surface area contributed by atoms with Gasteiger partial charge in [-0.15, -0.1) is 0 Å². The van der Waals surface area contributed by atoms with Crippen LogP contribution in [0.5, 0.6) is 0 Å². The predicted octanol–water partition coefficient (Wildman–Crippen LogP) is 3.66. The van der Waals surface area contributed by atoms with Gasteiger partial charge in [-0.3, -0.25) is 4.98 Å². The van der Waals surface area contributed by atoms with Crippen LogP contribution in [-0.4, -0.2) is 4.98 Å². The zero-order valence-corrected chi connectivity index (χ0v) is 8.33. The highest BCUT2D eigenvalue weighted by Gasteiger charge is 2.03.